The third-order valence-corrected chi connectivity index (χ3v) is 11.0. The van der Waals surface area contributed by atoms with Crippen LogP contribution in [-0.4, -0.2) is 10.6 Å². The first kappa shape index (κ1) is 22.1. The summed E-state index contributed by atoms with van der Waals surface area (Å²) in [6.07, 6.45) is 15.4. The van der Waals surface area contributed by atoms with Crippen molar-refractivity contribution in [2.24, 2.45) is 46.3 Å². The molecule has 0 N–H and O–H groups in total. The maximum absolute atomic E-state index is 12.6. The lowest BCUT2D eigenvalue weighted by atomic mass is 9.47. The molecule has 4 aliphatic rings. The minimum absolute atomic E-state index is 0.0646. The van der Waals surface area contributed by atoms with E-state index in [9.17, 15) is 4.79 Å². The summed E-state index contributed by atoms with van der Waals surface area (Å²) in [6.45, 7) is 12.4. The largest absolute Gasteiger partial charge is 0.298 e. The van der Waals surface area contributed by atoms with Gasteiger partial charge in [-0.3, -0.25) is 4.79 Å². The van der Waals surface area contributed by atoms with Crippen LogP contribution in [0.2, 0.25) is 0 Å². The quantitative estimate of drug-likeness (QED) is 0.298. The molecule has 0 unspecified atom stereocenters. The Morgan fingerprint density at radius 1 is 1.10 bits per heavy atom. The van der Waals surface area contributed by atoms with E-state index in [1.807, 2.05) is 0 Å². The summed E-state index contributed by atoms with van der Waals surface area (Å²) >= 11 is 3.64. The van der Waals surface area contributed by atoms with Crippen LogP contribution in [0, 0.1) is 46.3 Å². The van der Waals surface area contributed by atoms with Gasteiger partial charge in [0.2, 0.25) is 0 Å². The van der Waals surface area contributed by atoms with Gasteiger partial charge in [-0.15, -0.1) is 0 Å². The summed E-state index contributed by atoms with van der Waals surface area (Å²) in [6, 6.07) is 0. The van der Waals surface area contributed by atoms with Crippen molar-refractivity contribution >= 4 is 21.7 Å². The highest BCUT2D eigenvalue weighted by Gasteiger charge is 2.59. The minimum atomic E-state index is 0.0646. The number of Topliss-reactive ketones (excluding diaryl/α,β-unsaturated/α-hetero) is 1. The van der Waals surface area contributed by atoms with Gasteiger partial charge in [-0.2, -0.15) is 0 Å². The summed E-state index contributed by atoms with van der Waals surface area (Å²) in [5, 5.41) is 0. The standard InChI is InChI=1S/C27H43BrO/c1-17(2)7-6-8-18(3)21-11-12-22-20-10-9-19-15-24(28)25(29)16-27(19,5)23(20)13-14-26(21,22)4/h9,17-18,20-24H,6-8,10-16H2,1-5H3/t18-,20-,21-,22+,23-,24-,26-,27-/m0/s1. The number of hydrogen-bond acceptors (Lipinski definition) is 1. The van der Waals surface area contributed by atoms with Gasteiger partial charge >= 0.3 is 0 Å². The molecule has 2 heteroatoms. The Morgan fingerprint density at radius 3 is 2.59 bits per heavy atom. The number of hydrogen-bond donors (Lipinski definition) is 0. The van der Waals surface area contributed by atoms with Crippen molar-refractivity contribution in [1.82, 2.24) is 0 Å². The number of halogens is 1. The second-order valence-corrected chi connectivity index (χ2v) is 13.2. The summed E-state index contributed by atoms with van der Waals surface area (Å²) < 4.78 is 0. The SMILES string of the molecule is CC(C)CCC[C@H](C)[C@@H]1CC[C@@H]2[C@@H]3CC=C4C[C@H](Br)C(=O)C[C@]4(C)[C@H]3CC[C@]21C. The second kappa shape index (κ2) is 8.10. The van der Waals surface area contributed by atoms with E-state index in [1.54, 1.807) is 5.57 Å². The molecule has 0 aromatic carbocycles. The van der Waals surface area contributed by atoms with Crippen molar-refractivity contribution in [3.8, 4) is 0 Å². The fourth-order valence-corrected chi connectivity index (χ4v) is 9.03. The van der Waals surface area contributed by atoms with Gasteiger partial charge in [-0.1, -0.05) is 81.5 Å². The lowest BCUT2D eigenvalue weighted by Gasteiger charge is -2.58. The molecule has 0 radical (unpaired) electrons. The summed E-state index contributed by atoms with van der Waals surface area (Å²) in [5.74, 6) is 5.50. The van der Waals surface area contributed by atoms with Crippen LogP contribution in [0.1, 0.15) is 98.8 Å². The number of fused-ring (bicyclic) bond motifs is 5. The fourth-order valence-electron chi connectivity index (χ4n) is 8.52. The van der Waals surface area contributed by atoms with E-state index in [2.05, 4.69) is 56.6 Å². The second-order valence-electron chi connectivity index (χ2n) is 12.1. The maximum atomic E-state index is 12.6. The van der Waals surface area contributed by atoms with Crippen LogP contribution >= 0.6 is 15.9 Å². The summed E-state index contributed by atoms with van der Waals surface area (Å²) in [4.78, 5) is 12.7. The van der Waals surface area contributed by atoms with Crippen LogP contribution in [0.25, 0.3) is 0 Å². The zero-order chi connectivity index (χ0) is 21.0. The van der Waals surface area contributed by atoms with Crippen molar-refractivity contribution in [1.29, 1.82) is 0 Å². The Morgan fingerprint density at radius 2 is 1.86 bits per heavy atom. The van der Waals surface area contributed by atoms with Crippen LogP contribution < -0.4 is 0 Å². The normalized spacial score (nSPS) is 45.4. The monoisotopic (exact) mass is 462 g/mol. The van der Waals surface area contributed by atoms with Gasteiger partial charge in [0.05, 0.1) is 4.83 Å². The Balaban J connectivity index is 1.51. The zero-order valence-corrected chi connectivity index (χ0v) is 21.1. The van der Waals surface area contributed by atoms with Gasteiger partial charge in [0.1, 0.15) is 5.78 Å². The third kappa shape index (κ3) is 3.72. The van der Waals surface area contributed by atoms with Crippen molar-refractivity contribution in [3.05, 3.63) is 11.6 Å². The zero-order valence-electron chi connectivity index (χ0n) is 19.5. The van der Waals surface area contributed by atoms with Crippen molar-refractivity contribution in [2.75, 3.05) is 0 Å². The molecular weight excluding hydrogens is 420 g/mol. The number of allylic oxidation sites excluding steroid dienone is 2. The lowest BCUT2D eigenvalue weighted by molar-refractivity contribution is -0.124. The molecule has 3 saturated carbocycles. The molecule has 0 heterocycles. The average Bonchev–Trinajstić information content (AvgIpc) is 3.00. The van der Waals surface area contributed by atoms with E-state index in [1.165, 1.54) is 51.4 Å². The molecule has 4 rings (SSSR count). The predicted molar refractivity (Wildman–Crippen MR) is 126 cm³/mol. The van der Waals surface area contributed by atoms with E-state index in [4.69, 9.17) is 0 Å². The molecule has 4 aliphatic carbocycles. The van der Waals surface area contributed by atoms with E-state index in [-0.39, 0.29) is 10.2 Å². The van der Waals surface area contributed by atoms with Crippen LogP contribution in [0.5, 0.6) is 0 Å². The van der Waals surface area contributed by atoms with Gasteiger partial charge in [-0.05, 0) is 84.9 Å². The van der Waals surface area contributed by atoms with Crippen LogP contribution in [0.15, 0.2) is 11.6 Å². The van der Waals surface area contributed by atoms with E-state index in [0.717, 1.165) is 48.3 Å². The van der Waals surface area contributed by atoms with Crippen LogP contribution in [-0.2, 0) is 4.79 Å². The molecule has 0 bridgehead atoms. The number of carbonyl (C=O) groups excluding carboxylic acids is 1. The van der Waals surface area contributed by atoms with Gasteiger partial charge in [0.15, 0.2) is 0 Å². The Hall–Kier alpha value is -0.110. The number of carbonyl (C=O) groups is 1. The number of ketones is 1. The molecule has 0 saturated heterocycles. The fraction of sp³-hybridized carbons (Fsp3) is 0.889. The molecule has 0 spiro atoms. The molecule has 164 valence electrons. The van der Waals surface area contributed by atoms with Gasteiger partial charge in [-0.25, -0.2) is 0 Å². The summed E-state index contributed by atoms with van der Waals surface area (Å²) in [5.41, 5.74) is 2.28. The van der Waals surface area contributed by atoms with E-state index in [0.29, 0.717) is 11.2 Å². The molecule has 8 atom stereocenters. The predicted octanol–water partition coefficient (Wildman–Crippen LogP) is 7.97. The molecule has 0 aromatic rings. The number of alkyl halides is 1. The van der Waals surface area contributed by atoms with Crippen molar-refractivity contribution < 1.29 is 4.79 Å². The van der Waals surface area contributed by atoms with Crippen LogP contribution in [0.4, 0.5) is 0 Å². The van der Waals surface area contributed by atoms with Gasteiger partial charge < -0.3 is 0 Å². The van der Waals surface area contributed by atoms with Crippen molar-refractivity contribution in [2.45, 2.75) is 104 Å². The first-order valence-corrected chi connectivity index (χ1v) is 13.4. The van der Waals surface area contributed by atoms with E-state index >= 15 is 0 Å². The minimum Gasteiger partial charge on any atom is -0.298 e. The first-order valence-electron chi connectivity index (χ1n) is 12.5. The molecule has 1 nitrogen and oxygen atoms in total. The number of rotatable bonds is 5. The molecule has 0 aromatic heterocycles. The van der Waals surface area contributed by atoms with Crippen molar-refractivity contribution in [3.63, 3.8) is 0 Å². The Kier molecular flexibility index (Phi) is 6.17. The Labute approximate surface area is 188 Å². The molecule has 29 heavy (non-hydrogen) atoms. The molecule has 0 aliphatic heterocycles. The highest BCUT2D eigenvalue weighted by molar-refractivity contribution is 9.10. The third-order valence-electron chi connectivity index (χ3n) is 10.1. The van der Waals surface area contributed by atoms with E-state index < -0.39 is 0 Å². The molecular formula is C27H43BrO. The highest BCUT2D eigenvalue weighted by Crippen LogP contribution is 2.67. The molecule has 0 amide bonds. The first-order chi connectivity index (χ1) is 13.7. The van der Waals surface area contributed by atoms with Gasteiger partial charge in [0, 0.05) is 6.42 Å². The average molecular weight is 464 g/mol. The van der Waals surface area contributed by atoms with Gasteiger partial charge in [0.25, 0.3) is 0 Å². The highest BCUT2D eigenvalue weighted by atomic mass is 79.9. The lowest BCUT2D eigenvalue weighted by Crippen LogP contribution is -2.52. The smallest absolute Gasteiger partial charge is 0.147 e. The maximum Gasteiger partial charge on any atom is 0.147 e. The topological polar surface area (TPSA) is 17.1 Å². The Bertz CT molecular complexity index is 665. The molecule has 3 fully saturated rings. The summed E-state index contributed by atoms with van der Waals surface area (Å²) in [7, 11) is 0. The van der Waals surface area contributed by atoms with Crippen LogP contribution in [0.3, 0.4) is 0 Å².